The molecule has 1 saturated heterocycles. The molecule has 1 aromatic heterocycles. The number of nitrogens with zero attached hydrogens (tertiary/aromatic N) is 2. The lowest BCUT2D eigenvalue weighted by Crippen LogP contribution is -2.40. The Balaban J connectivity index is 1.78. The number of anilines is 1. The summed E-state index contributed by atoms with van der Waals surface area (Å²) >= 11 is 12.6. The van der Waals surface area contributed by atoms with Crippen LogP contribution in [0, 0.1) is 0 Å². The number of hydrogen-bond donors (Lipinski definition) is 3. The first kappa shape index (κ1) is 28.4. The number of benzene rings is 1. The van der Waals surface area contributed by atoms with Crippen molar-refractivity contribution in [1.29, 1.82) is 0 Å². The summed E-state index contributed by atoms with van der Waals surface area (Å²) in [4.78, 5) is 28.1. The van der Waals surface area contributed by atoms with E-state index in [1.165, 1.54) is 31.3 Å². The second kappa shape index (κ2) is 11.9. The zero-order valence-corrected chi connectivity index (χ0v) is 21.9. The van der Waals surface area contributed by atoms with Crippen molar-refractivity contribution >= 4 is 42.7 Å². The number of aliphatic hydroxyl groups excluding tert-OH is 1. The molecule has 2 aromatic rings. The lowest BCUT2D eigenvalue weighted by molar-refractivity contribution is -0.145. The van der Waals surface area contributed by atoms with E-state index in [0.717, 1.165) is 4.57 Å². The maximum absolute atomic E-state index is 13.6. The molecule has 1 aliphatic heterocycles. The lowest BCUT2D eigenvalue weighted by Gasteiger charge is -2.25. The van der Waals surface area contributed by atoms with E-state index >= 15 is 0 Å². The van der Waals surface area contributed by atoms with Gasteiger partial charge in [-0.1, -0.05) is 48.3 Å². The van der Waals surface area contributed by atoms with Gasteiger partial charge in [-0.25, -0.2) is 9.36 Å². The SMILES string of the molecule is CCCOC(=O)[C@H](C)NP(=O)(OC[C@H]1O[C@@H](n2ccc(N)nc2=O)C(Cl)(Cl)C1O)Oc1ccccc1. The van der Waals surface area contributed by atoms with Gasteiger partial charge in [0.2, 0.25) is 0 Å². The van der Waals surface area contributed by atoms with Crippen LogP contribution < -0.4 is 21.0 Å². The number of hydrogen-bond acceptors (Lipinski definition) is 10. The largest absolute Gasteiger partial charge is 0.465 e. The van der Waals surface area contributed by atoms with Crippen LogP contribution in [0.1, 0.15) is 26.5 Å². The Morgan fingerprint density at radius 2 is 2.06 bits per heavy atom. The number of para-hydroxylation sites is 1. The van der Waals surface area contributed by atoms with Crippen LogP contribution in [0.5, 0.6) is 5.75 Å². The number of nitrogens with two attached hydrogens (primary N) is 1. The van der Waals surface area contributed by atoms with E-state index in [-0.39, 0.29) is 18.2 Å². The summed E-state index contributed by atoms with van der Waals surface area (Å²) in [5.74, 6) is -0.497. The smallest absolute Gasteiger partial charge is 0.459 e. The molecule has 12 nitrogen and oxygen atoms in total. The highest BCUT2D eigenvalue weighted by Gasteiger charge is 2.56. The minimum absolute atomic E-state index is 0.0268. The molecule has 0 amide bonds. The second-order valence-electron chi connectivity index (χ2n) is 7.90. The zero-order valence-electron chi connectivity index (χ0n) is 19.5. The number of ether oxygens (including phenoxy) is 2. The highest BCUT2D eigenvalue weighted by molar-refractivity contribution is 7.52. The van der Waals surface area contributed by atoms with Gasteiger partial charge in [0.25, 0.3) is 0 Å². The van der Waals surface area contributed by atoms with Gasteiger partial charge in [-0.05, 0) is 31.5 Å². The molecule has 15 heteroatoms. The van der Waals surface area contributed by atoms with Gasteiger partial charge < -0.3 is 24.8 Å². The van der Waals surface area contributed by atoms with Crippen LogP contribution in [0.4, 0.5) is 5.82 Å². The van der Waals surface area contributed by atoms with E-state index in [2.05, 4.69) is 10.1 Å². The Morgan fingerprint density at radius 3 is 2.69 bits per heavy atom. The molecule has 1 aromatic carbocycles. The molecule has 2 heterocycles. The number of rotatable bonds is 11. The fourth-order valence-corrected chi connectivity index (χ4v) is 5.31. The fourth-order valence-electron chi connectivity index (χ4n) is 3.21. The van der Waals surface area contributed by atoms with E-state index in [9.17, 15) is 19.3 Å². The number of carbonyl (C=O) groups excluding carboxylic acids is 1. The first-order chi connectivity index (χ1) is 17.0. The number of carbonyl (C=O) groups is 1. The van der Waals surface area contributed by atoms with Crippen molar-refractivity contribution in [3.63, 3.8) is 0 Å². The number of aliphatic hydroxyl groups is 1. The number of alkyl halides is 2. The van der Waals surface area contributed by atoms with Gasteiger partial charge in [0.05, 0.1) is 13.2 Å². The van der Waals surface area contributed by atoms with Crippen molar-refractivity contribution in [2.75, 3.05) is 18.9 Å². The first-order valence-electron chi connectivity index (χ1n) is 11.0. The standard InChI is InChI=1S/C21H27Cl2N4O8P/c1-3-11-32-18(29)13(2)26-36(31,35-14-7-5-4-6-8-14)33-12-15-17(28)21(22,23)19(34-15)27-10-9-16(24)25-20(27)30/h4-10,13,15,17,19,28H,3,11-12H2,1-2H3,(H,26,31)(H2,24,25,30)/t13-,15+,17?,19+,36?/m0/s1. The van der Waals surface area contributed by atoms with Gasteiger partial charge in [0.15, 0.2) is 10.6 Å². The Hall–Kier alpha value is -2.18. The van der Waals surface area contributed by atoms with Crippen molar-refractivity contribution in [3.05, 3.63) is 53.1 Å². The summed E-state index contributed by atoms with van der Waals surface area (Å²) in [6.45, 7) is 2.92. The van der Waals surface area contributed by atoms with Gasteiger partial charge in [-0.2, -0.15) is 10.1 Å². The Kier molecular flexibility index (Phi) is 9.39. The van der Waals surface area contributed by atoms with E-state index in [4.69, 9.17) is 47.5 Å². The van der Waals surface area contributed by atoms with Crippen LogP contribution in [-0.4, -0.2) is 56.4 Å². The summed E-state index contributed by atoms with van der Waals surface area (Å²) in [6, 6.07) is 8.38. The molecule has 198 valence electrons. The number of aromatic nitrogens is 2. The quantitative estimate of drug-likeness (QED) is 0.208. The molecule has 1 aliphatic rings. The highest BCUT2D eigenvalue weighted by Crippen LogP contribution is 2.49. The van der Waals surface area contributed by atoms with Crippen molar-refractivity contribution in [1.82, 2.24) is 14.6 Å². The number of halogens is 2. The molecule has 2 unspecified atom stereocenters. The Labute approximate surface area is 217 Å². The van der Waals surface area contributed by atoms with Gasteiger partial charge in [-0.3, -0.25) is 13.9 Å². The van der Waals surface area contributed by atoms with Gasteiger partial charge in [0, 0.05) is 6.20 Å². The van der Waals surface area contributed by atoms with Gasteiger partial charge in [0.1, 0.15) is 29.8 Å². The summed E-state index contributed by atoms with van der Waals surface area (Å²) in [5, 5.41) is 13.2. The predicted octanol–water partition coefficient (Wildman–Crippen LogP) is 2.39. The monoisotopic (exact) mass is 564 g/mol. The van der Waals surface area contributed by atoms with Crippen molar-refractivity contribution < 1.29 is 33.0 Å². The molecular weight excluding hydrogens is 538 g/mol. The number of nitrogen functional groups attached to an aromatic ring is 1. The van der Waals surface area contributed by atoms with Crippen molar-refractivity contribution in [2.24, 2.45) is 0 Å². The maximum atomic E-state index is 13.6. The van der Waals surface area contributed by atoms with Crippen LogP contribution in [-0.2, 0) is 23.4 Å². The maximum Gasteiger partial charge on any atom is 0.459 e. The molecule has 0 saturated carbocycles. The second-order valence-corrected chi connectivity index (χ2v) is 11.0. The summed E-state index contributed by atoms with van der Waals surface area (Å²) in [5.41, 5.74) is 4.70. The van der Waals surface area contributed by atoms with Crippen LogP contribution in [0.3, 0.4) is 0 Å². The average molecular weight is 565 g/mol. The minimum atomic E-state index is -4.24. The molecule has 0 radical (unpaired) electrons. The molecule has 5 atom stereocenters. The van der Waals surface area contributed by atoms with Crippen LogP contribution in [0.15, 0.2) is 47.4 Å². The normalized spacial score (nSPS) is 23.5. The molecule has 1 fully saturated rings. The van der Waals surface area contributed by atoms with Crippen LogP contribution >= 0.6 is 30.9 Å². The van der Waals surface area contributed by atoms with E-state index in [0.29, 0.717) is 6.42 Å². The highest BCUT2D eigenvalue weighted by atomic mass is 35.5. The minimum Gasteiger partial charge on any atom is -0.465 e. The van der Waals surface area contributed by atoms with Crippen LogP contribution in [0.2, 0.25) is 0 Å². The van der Waals surface area contributed by atoms with Crippen molar-refractivity contribution in [3.8, 4) is 5.75 Å². The molecule has 0 spiro atoms. The van der Waals surface area contributed by atoms with Gasteiger partial charge >= 0.3 is 19.4 Å². The fraction of sp³-hybridized carbons (Fsp3) is 0.476. The summed E-state index contributed by atoms with van der Waals surface area (Å²) < 4.78 is 34.4. The zero-order chi connectivity index (χ0) is 26.5. The van der Waals surface area contributed by atoms with Crippen molar-refractivity contribution in [2.45, 2.75) is 49.1 Å². The molecule has 0 aliphatic carbocycles. The average Bonchev–Trinajstić information content (AvgIpc) is 3.05. The Bertz CT molecular complexity index is 1150. The topological polar surface area (TPSA) is 164 Å². The number of esters is 1. The van der Waals surface area contributed by atoms with Gasteiger partial charge in [-0.15, -0.1) is 0 Å². The molecule has 4 N–H and O–H groups in total. The molecule has 0 bridgehead atoms. The third kappa shape index (κ3) is 6.77. The van der Waals surface area contributed by atoms with Crippen LogP contribution in [0.25, 0.3) is 0 Å². The first-order valence-corrected chi connectivity index (χ1v) is 13.3. The molecule has 36 heavy (non-hydrogen) atoms. The summed E-state index contributed by atoms with van der Waals surface area (Å²) in [6.07, 6.45) is -2.32. The third-order valence-electron chi connectivity index (χ3n) is 5.01. The summed E-state index contributed by atoms with van der Waals surface area (Å²) in [7, 11) is -4.24. The molecule has 3 rings (SSSR count). The van der Waals surface area contributed by atoms with E-state index in [1.807, 2.05) is 6.92 Å². The molecular formula is C21H27Cl2N4O8P. The predicted molar refractivity (Wildman–Crippen MR) is 132 cm³/mol. The lowest BCUT2D eigenvalue weighted by atomic mass is 10.2. The Morgan fingerprint density at radius 1 is 1.36 bits per heavy atom. The number of nitrogens with one attached hydrogen (secondary N) is 1. The van der Waals surface area contributed by atoms with E-state index < -0.39 is 54.8 Å². The van der Waals surface area contributed by atoms with E-state index in [1.54, 1.807) is 18.2 Å². The third-order valence-corrected chi connectivity index (χ3v) is 7.48.